The molecule has 0 aromatic heterocycles. The minimum Gasteiger partial charge on any atom is -0.485 e. The molecule has 0 bridgehead atoms. The maximum atomic E-state index is 5.67. The van der Waals surface area contributed by atoms with E-state index >= 15 is 0 Å². The Hall–Kier alpha value is -0.843. The molecule has 0 spiro atoms. The number of ether oxygens (including phenoxy) is 1. The van der Waals surface area contributed by atoms with E-state index in [2.05, 4.69) is 32.7 Å². The van der Waals surface area contributed by atoms with E-state index in [-0.39, 0.29) is 30.3 Å². The van der Waals surface area contributed by atoms with Crippen LogP contribution in [-0.4, -0.2) is 18.5 Å². The second-order valence-corrected chi connectivity index (χ2v) is 5.28. The van der Waals surface area contributed by atoms with Gasteiger partial charge in [0.05, 0.1) is 6.04 Å². The van der Waals surface area contributed by atoms with Crippen LogP contribution in [0.4, 0.5) is 0 Å². The first-order chi connectivity index (χ1) is 7.48. The molecule has 0 fully saturated rings. The number of nitrogens with zero attached hydrogens (tertiary/aromatic N) is 1. The maximum Gasteiger partial charge on any atom is 1.00 e. The molecule has 0 unspecified atom stereocenters. The summed E-state index contributed by atoms with van der Waals surface area (Å²) in [7, 11) is 0. The molecule has 1 aromatic carbocycles. The second-order valence-electron chi connectivity index (χ2n) is 5.28. The summed E-state index contributed by atoms with van der Waals surface area (Å²) in [6.07, 6.45) is 0. The first-order valence-electron chi connectivity index (χ1n) is 5.60. The van der Waals surface area contributed by atoms with Crippen LogP contribution >= 0.6 is 0 Å². The quantitative estimate of drug-likeness (QED) is 0.487. The zero-order chi connectivity index (χ0) is 11.8. The molecule has 17 heavy (non-hydrogen) atoms. The number of benzene rings is 1. The first kappa shape index (κ1) is 14.2. The summed E-state index contributed by atoms with van der Waals surface area (Å²) in [5.41, 5.74) is 2.13. The van der Waals surface area contributed by atoms with Gasteiger partial charge in [-0.15, -0.1) is 12.1 Å². The van der Waals surface area contributed by atoms with E-state index in [1.165, 1.54) is 0 Å². The van der Waals surface area contributed by atoms with Crippen molar-refractivity contribution in [3.63, 3.8) is 0 Å². The number of aliphatic imine (C=N–C) groups is 1. The summed E-state index contributed by atoms with van der Waals surface area (Å²) in [4.78, 5) is 4.64. The zero-order valence-corrected chi connectivity index (χ0v) is 11.2. The van der Waals surface area contributed by atoms with E-state index in [0.29, 0.717) is 6.61 Å². The Morgan fingerprint density at radius 3 is 2.47 bits per heavy atom. The third kappa shape index (κ3) is 3.09. The Morgan fingerprint density at radius 1 is 1.29 bits per heavy atom. The average Bonchev–Trinajstić information content (AvgIpc) is 2.66. The Bertz CT molecular complexity index is 420. The molecule has 1 atom stereocenters. The molecule has 1 aliphatic heterocycles. The van der Waals surface area contributed by atoms with E-state index in [0.717, 1.165) is 17.0 Å². The molecule has 0 aliphatic carbocycles. The predicted octanol–water partition coefficient (Wildman–Crippen LogP) is 0.0643. The SMILES string of the molecule is [CH2-]c1ccccc1C1=N[C@@H](C(C)(C)C)CO1.[Li+]. The molecule has 3 heteroatoms. The van der Waals surface area contributed by atoms with Gasteiger partial charge in [0.1, 0.15) is 6.61 Å². The largest absolute Gasteiger partial charge is 1.00 e. The first-order valence-corrected chi connectivity index (χ1v) is 5.60. The topological polar surface area (TPSA) is 21.6 Å². The fourth-order valence-corrected chi connectivity index (χ4v) is 1.69. The van der Waals surface area contributed by atoms with Crippen LogP contribution in [0, 0.1) is 12.3 Å². The second kappa shape index (κ2) is 5.21. The molecule has 0 saturated carbocycles. The summed E-state index contributed by atoms with van der Waals surface area (Å²) in [5.74, 6) is 0.741. The predicted molar refractivity (Wildman–Crippen MR) is 66.6 cm³/mol. The molecule has 0 saturated heterocycles. The van der Waals surface area contributed by atoms with Crippen molar-refractivity contribution in [2.45, 2.75) is 26.8 Å². The smallest absolute Gasteiger partial charge is 0.485 e. The third-order valence-corrected chi connectivity index (χ3v) is 2.90. The molecule has 0 N–H and O–H groups in total. The molecule has 2 nitrogen and oxygen atoms in total. The summed E-state index contributed by atoms with van der Waals surface area (Å²) in [6.45, 7) is 11.2. The van der Waals surface area contributed by atoms with Crippen LogP contribution in [0.3, 0.4) is 0 Å². The van der Waals surface area contributed by atoms with Crippen molar-refractivity contribution in [1.82, 2.24) is 0 Å². The van der Waals surface area contributed by atoms with Crippen molar-refractivity contribution >= 4 is 5.90 Å². The van der Waals surface area contributed by atoms with E-state index in [9.17, 15) is 0 Å². The third-order valence-electron chi connectivity index (χ3n) is 2.90. The van der Waals surface area contributed by atoms with Gasteiger partial charge in [0, 0.05) is 0 Å². The standard InChI is InChI=1S/C14H18NO.Li/c1-10-7-5-6-8-11(10)13-15-12(9-16-13)14(2,3)4;/h5-8,12H,1,9H2,2-4H3;/q-1;+1/t12-;/m1./s1. The number of rotatable bonds is 1. The zero-order valence-electron chi connectivity index (χ0n) is 11.2. The van der Waals surface area contributed by atoms with Gasteiger partial charge in [-0.3, -0.25) is 4.99 Å². The van der Waals surface area contributed by atoms with E-state index in [4.69, 9.17) is 4.74 Å². The van der Waals surface area contributed by atoms with Crippen molar-refractivity contribution in [2.24, 2.45) is 10.4 Å². The van der Waals surface area contributed by atoms with Crippen LogP contribution in [0.25, 0.3) is 0 Å². The normalized spacial score (nSPS) is 19.2. The molecule has 1 heterocycles. The minimum absolute atomic E-state index is 0. The summed E-state index contributed by atoms with van der Waals surface area (Å²) in [6, 6.07) is 8.18. The van der Waals surface area contributed by atoms with Gasteiger partial charge in [0.15, 0.2) is 5.90 Å². The summed E-state index contributed by atoms with van der Waals surface area (Å²) < 4.78 is 5.67. The fourth-order valence-electron chi connectivity index (χ4n) is 1.69. The monoisotopic (exact) mass is 223 g/mol. The van der Waals surface area contributed by atoms with Gasteiger partial charge in [-0.05, 0) is 5.41 Å². The molecule has 86 valence electrons. The molecular formula is C14H18LiNO. The molecule has 1 aliphatic rings. The van der Waals surface area contributed by atoms with Crippen LogP contribution in [0.2, 0.25) is 0 Å². The van der Waals surface area contributed by atoms with E-state index in [1.807, 2.05) is 24.3 Å². The van der Waals surface area contributed by atoms with Gasteiger partial charge < -0.3 is 4.74 Å². The van der Waals surface area contributed by atoms with Crippen molar-refractivity contribution < 1.29 is 23.6 Å². The fraction of sp³-hybridized carbons (Fsp3) is 0.429. The molecule has 0 amide bonds. The van der Waals surface area contributed by atoms with Crippen LogP contribution in [0.15, 0.2) is 29.3 Å². The Kier molecular flexibility index (Phi) is 4.35. The van der Waals surface area contributed by atoms with Crippen molar-refractivity contribution in [2.75, 3.05) is 6.61 Å². The van der Waals surface area contributed by atoms with Crippen LogP contribution in [0.5, 0.6) is 0 Å². The molecule has 2 rings (SSSR count). The summed E-state index contributed by atoms with van der Waals surface area (Å²) >= 11 is 0. The molecular weight excluding hydrogens is 205 g/mol. The Labute approximate surface area is 116 Å². The Morgan fingerprint density at radius 2 is 1.94 bits per heavy atom. The minimum atomic E-state index is 0. The van der Waals surface area contributed by atoms with Gasteiger partial charge in [0.25, 0.3) is 0 Å². The summed E-state index contributed by atoms with van der Waals surface area (Å²) in [5, 5.41) is 0. The molecule has 0 radical (unpaired) electrons. The van der Waals surface area contributed by atoms with Crippen molar-refractivity contribution in [1.29, 1.82) is 0 Å². The van der Waals surface area contributed by atoms with Gasteiger partial charge in [-0.25, -0.2) is 0 Å². The number of hydrogen-bond donors (Lipinski definition) is 0. The van der Waals surface area contributed by atoms with Crippen LogP contribution in [-0.2, 0) is 4.74 Å². The average molecular weight is 223 g/mol. The van der Waals surface area contributed by atoms with Gasteiger partial charge in [-0.2, -0.15) is 18.6 Å². The van der Waals surface area contributed by atoms with Crippen molar-refractivity contribution in [3.8, 4) is 0 Å². The van der Waals surface area contributed by atoms with Crippen molar-refractivity contribution in [3.05, 3.63) is 42.3 Å². The van der Waals surface area contributed by atoms with Gasteiger partial charge in [-0.1, -0.05) is 32.4 Å². The maximum absolute atomic E-state index is 5.67. The van der Waals surface area contributed by atoms with Gasteiger partial charge >= 0.3 is 18.9 Å². The number of hydrogen-bond acceptors (Lipinski definition) is 2. The van der Waals surface area contributed by atoms with Gasteiger partial charge in [0.2, 0.25) is 0 Å². The van der Waals surface area contributed by atoms with E-state index < -0.39 is 0 Å². The van der Waals surface area contributed by atoms with E-state index in [1.54, 1.807) is 0 Å². The van der Waals surface area contributed by atoms with Crippen LogP contribution in [0.1, 0.15) is 31.9 Å². The Balaban J connectivity index is 0.00000144. The van der Waals surface area contributed by atoms with Crippen LogP contribution < -0.4 is 18.9 Å². The molecule has 1 aromatic rings.